The highest BCUT2D eigenvalue weighted by Gasteiger charge is 2.61. The van der Waals surface area contributed by atoms with Crippen LogP contribution in [0.5, 0.6) is 0 Å². The summed E-state index contributed by atoms with van der Waals surface area (Å²) in [5.74, 6) is -1.45. The third-order valence-electron chi connectivity index (χ3n) is 10.2. The minimum atomic E-state index is -1.29. The number of carbonyl (C=O) groups excluding carboxylic acids is 1. The first-order valence-corrected chi connectivity index (χ1v) is 14.4. The van der Waals surface area contributed by atoms with Crippen LogP contribution in [0.3, 0.4) is 0 Å². The van der Waals surface area contributed by atoms with Gasteiger partial charge in [-0.15, -0.1) is 0 Å². The smallest absolute Gasteiger partial charge is 0.340 e. The molecule has 0 spiro atoms. The Morgan fingerprint density at radius 3 is 2.82 bits per heavy atom. The molecule has 0 radical (unpaired) electrons. The zero-order chi connectivity index (χ0) is 26.0. The molecule has 2 saturated heterocycles. The van der Waals surface area contributed by atoms with Crippen LogP contribution in [0, 0.1) is 17.8 Å². The molecule has 11 atom stereocenters. The first kappa shape index (κ1) is 24.7. The Labute approximate surface area is 221 Å². The van der Waals surface area contributed by atoms with Crippen molar-refractivity contribution in [1.29, 1.82) is 0 Å². The molecule has 10 heteroatoms. The number of hydrogen-bond acceptors (Lipinski definition) is 7. The number of aromatic nitrogens is 2. The SMILES string of the molecule is O=C(O)C1=CN2C3CC4OC5CCCCC5C4CC3OC3C(NCCCn4ccnc4)C(F)CC(C1=O)C32. The molecule has 206 valence electrons. The number of aliphatic carboxylic acids is 1. The van der Waals surface area contributed by atoms with Gasteiger partial charge < -0.3 is 29.4 Å². The van der Waals surface area contributed by atoms with Gasteiger partial charge in [0.05, 0.1) is 48.9 Å². The van der Waals surface area contributed by atoms with E-state index in [1.807, 2.05) is 10.8 Å². The second-order valence-electron chi connectivity index (χ2n) is 12.1. The van der Waals surface area contributed by atoms with Crippen molar-refractivity contribution in [2.24, 2.45) is 17.8 Å². The van der Waals surface area contributed by atoms with E-state index in [2.05, 4.69) is 15.2 Å². The van der Waals surface area contributed by atoms with Crippen LogP contribution in [-0.2, 0) is 25.6 Å². The molecular weight excluding hydrogens is 491 g/mol. The Balaban J connectivity index is 1.16. The molecule has 2 N–H and O–H groups in total. The number of imidazole rings is 1. The fraction of sp³-hybridized carbons (Fsp3) is 0.750. The molecular formula is C28H37FN4O5. The van der Waals surface area contributed by atoms with Gasteiger partial charge >= 0.3 is 5.97 Å². The van der Waals surface area contributed by atoms with E-state index in [0.717, 1.165) is 32.2 Å². The van der Waals surface area contributed by atoms with Crippen molar-refractivity contribution in [3.05, 3.63) is 30.5 Å². The maximum atomic E-state index is 15.8. The molecule has 6 aliphatic rings. The molecule has 11 unspecified atom stereocenters. The molecule has 0 amide bonds. The fourth-order valence-corrected chi connectivity index (χ4v) is 8.57. The summed E-state index contributed by atoms with van der Waals surface area (Å²) in [6.07, 6.45) is 12.6. The van der Waals surface area contributed by atoms with Gasteiger partial charge in [0.2, 0.25) is 0 Å². The molecule has 0 aromatic carbocycles. The van der Waals surface area contributed by atoms with E-state index < -0.39 is 36.0 Å². The van der Waals surface area contributed by atoms with Crippen molar-refractivity contribution in [2.45, 2.75) is 107 Å². The topological polar surface area (TPSA) is 106 Å². The number of halogens is 1. The third kappa shape index (κ3) is 4.02. The van der Waals surface area contributed by atoms with Crippen LogP contribution < -0.4 is 5.32 Å². The number of carbonyl (C=O) groups is 2. The quantitative estimate of drug-likeness (QED) is 0.428. The fourth-order valence-electron chi connectivity index (χ4n) is 8.57. The zero-order valence-corrected chi connectivity index (χ0v) is 21.5. The van der Waals surface area contributed by atoms with Crippen molar-refractivity contribution in [2.75, 3.05) is 6.54 Å². The van der Waals surface area contributed by atoms with Gasteiger partial charge in [0.15, 0.2) is 5.78 Å². The molecule has 5 fully saturated rings. The number of nitrogens with zero attached hydrogens (tertiary/aromatic N) is 3. The maximum Gasteiger partial charge on any atom is 0.340 e. The number of alkyl halides is 1. The van der Waals surface area contributed by atoms with Gasteiger partial charge in [-0.2, -0.15) is 0 Å². The van der Waals surface area contributed by atoms with Crippen LogP contribution in [0.25, 0.3) is 0 Å². The van der Waals surface area contributed by atoms with Gasteiger partial charge in [-0.1, -0.05) is 12.8 Å². The number of hydrogen-bond donors (Lipinski definition) is 2. The predicted molar refractivity (Wildman–Crippen MR) is 134 cm³/mol. The van der Waals surface area contributed by atoms with Gasteiger partial charge in [-0.3, -0.25) is 4.79 Å². The van der Waals surface area contributed by atoms with Crippen molar-refractivity contribution in [3.63, 3.8) is 0 Å². The van der Waals surface area contributed by atoms with E-state index in [1.54, 1.807) is 18.7 Å². The molecule has 0 bridgehead atoms. The van der Waals surface area contributed by atoms with E-state index >= 15 is 4.39 Å². The molecule has 4 heterocycles. The Hall–Kier alpha value is -2.30. The van der Waals surface area contributed by atoms with Crippen LogP contribution in [0.1, 0.15) is 51.4 Å². The Morgan fingerprint density at radius 1 is 1.13 bits per heavy atom. The number of aryl methyl sites for hydroxylation is 1. The van der Waals surface area contributed by atoms with Crippen molar-refractivity contribution in [1.82, 2.24) is 19.8 Å². The number of carboxylic acids is 1. The highest BCUT2D eigenvalue weighted by atomic mass is 19.1. The monoisotopic (exact) mass is 528 g/mol. The highest BCUT2D eigenvalue weighted by Crippen LogP contribution is 2.52. The predicted octanol–water partition coefficient (Wildman–Crippen LogP) is 2.31. The average Bonchev–Trinajstić information content (AvgIpc) is 3.55. The molecule has 3 saturated carbocycles. The second-order valence-corrected chi connectivity index (χ2v) is 12.1. The number of ether oxygens (including phenoxy) is 2. The van der Waals surface area contributed by atoms with Gasteiger partial charge in [0, 0.05) is 31.1 Å². The van der Waals surface area contributed by atoms with Crippen LogP contribution in [0.15, 0.2) is 30.5 Å². The molecule has 1 aromatic heterocycles. The van der Waals surface area contributed by atoms with Crippen molar-refractivity contribution in [3.8, 4) is 0 Å². The van der Waals surface area contributed by atoms with Crippen LogP contribution in [-0.4, -0.2) is 86.6 Å². The maximum absolute atomic E-state index is 15.8. The molecule has 3 aliphatic heterocycles. The number of morpholine rings is 1. The first-order chi connectivity index (χ1) is 18.5. The number of fused-ring (bicyclic) bond motifs is 5. The largest absolute Gasteiger partial charge is 0.478 e. The summed E-state index contributed by atoms with van der Waals surface area (Å²) < 4.78 is 31.1. The van der Waals surface area contributed by atoms with E-state index in [-0.39, 0.29) is 36.3 Å². The molecule has 9 nitrogen and oxygen atoms in total. The van der Waals surface area contributed by atoms with Gasteiger partial charge in [0.25, 0.3) is 0 Å². The van der Waals surface area contributed by atoms with E-state index in [0.29, 0.717) is 24.5 Å². The van der Waals surface area contributed by atoms with Gasteiger partial charge in [-0.05, 0) is 56.9 Å². The summed E-state index contributed by atoms with van der Waals surface area (Å²) in [5.41, 5.74) is -0.229. The zero-order valence-electron chi connectivity index (χ0n) is 21.5. The summed E-state index contributed by atoms with van der Waals surface area (Å²) in [5, 5.41) is 13.3. The summed E-state index contributed by atoms with van der Waals surface area (Å²) in [6, 6.07) is -0.985. The Kier molecular flexibility index (Phi) is 6.32. The summed E-state index contributed by atoms with van der Waals surface area (Å²) in [7, 11) is 0. The van der Waals surface area contributed by atoms with E-state index in [4.69, 9.17) is 9.47 Å². The average molecular weight is 529 g/mol. The highest BCUT2D eigenvalue weighted by molar-refractivity contribution is 6.18. The second kappa shape index (κ2) is 9.71. The van der Waals surface area contributed by atoms with Crippen LogP contribution >= 0.6 is 0 Å². The minimum Gasteiger partial charge on any atom is -0.478 e. The lowest BCUT2D eigenvalue weighted by Crippen LogP contribution is -2.73. The Morgan fingerprint density at radius 2 is 2.00 bits per heavy atom. The lowest BCUT2D eigenvalue weighted by molar-refractivity contribution is -0.209. The third-order valence-corrected chi connectivity index (χ3v) is 10.2. The van der Waals surface area contributed by atoms with Crippen molar-refractivity contribution >= 4 is 11.8 Å². The normalized spacial score (nSPS) is 43.5. The number of rotatable bonds is 6. The number of ketones is 1. The van der Waals surface area contributed by atoms with E-state index in [1.165, 1.54) is 19.3 Å². The van der Waals surface area contributed by atoms with E-state index in [9.17, 15) is 14.7 Å². The lowest BCUT2D eigenvalue weighted by atomic mass is 9.67. The molecule has 1 aromatic rings. The molecule has 7 rings (SSSR count). The Bertz CT molecular complexity index is 1100. The summed E-state index contributed by atoms with van der Waals surface area (Å²) in [6.45, 7) is 1.39. The lowest BCUT2D eigenvalue weighted by Gasteiger charge is -2.60. The molecule has 3 aliphatic carbocycles. The van der Waals surface area contributed by atoms with Gasteiger partial charge in [-0.25, -0.2) is 14.2 Å². The van der Waals surface area contributed by atoms with Crippen molar-refractivity contribution < 1.29 is 28.6 Å². The number of carboxylic acid groups (broad SMARTS) is 1. The number of nitrogens with one attached hydrogen (secondary N) is 1. The standard InChI is InChI=1S/C28H37FN4O5/c29-19-10-17-25-27(24(19)31-6-3-8-32-9-7-30-14-32)38-23-11-16-15-4-1-2-5-21(15)37-22(16)12-20(23)33(25)13-18(26(17)34)28(35)36/h7,9,13-17,19-25,27,31H,1-6,8,10-12H2,(H,35,36). The first-order valence-electron chi connectivity index (χ1n) is 14.4. The van der Waals surface area contributed by atoms with Crippen LogP contribution in [0.4, 0.5) is 4.39 Å². The van der Waals surface area contributed by atoms with Gasteiger partial charge in [0.1, 0.15) is 11.7 Å². The minimum absolute atomic E-state index is 0.00769. The molecule has 38 heavy (non-hydrogen) atoms. The number of Topliss-reactive ketones (excluding diaryl/α,β-unsaturated/α-hetero) is 1. The summed E-state index contributed by atoms with van der Waals surface area (Å²) in [4.78, 5) is 31.4. The summed E-state index contributed by atoms with van der Waals surface area (Å²) >= 11 is 0. The van der Waals surface area contributed by atoms with Crippen LogP contribution in [0.2, 0.25) is 0 Å².